The Morgan fingerprint density at radius 1 is 0.897 bits per heavy atom. The average molecular weight is 535 g/mol. The van der Waals surface area contributed by atoms with Crippen LogP contribution in [0.3, 0.4) is 0 Å². The second kappa shape index (κ2) is 11.8. The molecule has 0 fully saturated rings. The van der Waals surface area contributed by atoms with E-state index in [4.69, 9.17) is 4.74 Å². The largest absolute Gasteiger partial charge is 0.497 e. The standard InChI is InChI=1S/C31H26N4O3S/c1-21(22-12-14-24(15-13-22)23-8-4-3-5-9-23)33-34-29(36)20-39-31-32-28-11-7-6-10-27(28)30(37)35(31)25-16-18-26(38-2)19-17-25/h3-19H,20H2,1-2H3,(H,34,36)/b33-21+. The van der Waals surface area contributed by atoms with Gasteiger partial charge in [-0.05, 0) is 60.0 Å². The first kappa shape index (κ1) is 25.9. The summed E-state index contributed by atoms with van der Waals surface area (Å²) in [6, 6.07) is 32.5. The number of hydrazone groups is 1. The van der Waals surface area contributed by atoms with Crippen molar-refractivity contribution in [2.75, 3.05) is 12.9 Å². The van der Waals surface area contributed by atoms with Crippen molar-refractivity contribution in [2.24, 2.45) is 5.10 Å². The van der Waals surface area contributed by atoms with Crippen molar-refractivity contribution in [1.82, 2.24) is 15.0 Å². The van der Waals surface area contributed by atoms with Gasteiger partial charge >= 0.3 is 0 Å². The van der Waals surface area contributed by atoms with Crippen molar-refractivity contribution >= 4 is 34.3 Å². The van der Waals surface area contributed by atoms with Gasteiger partial charge in [-0.1, -0.05) is 78.5 Å². The number of hydrogen-bond donors (Lipinski definition) is 1. The Labute approximate surface area is 230 Å². The molecule has 4 aromatic carbocycles. The number of aromatic nitrogens is 2. The molecule has 194 valence electrons. The second-order valence-corrected chi connectivity index (χ2v) is 9.66. The monoisotopic (exact) mass is 534 g/mol. The smallest absolute Gasteiger partial charge is 0.266 e. The number of nitrogens with one attached hydrogen (secondary N) is 1. The third-order valence-electron chi connectivity index (χ3n) is 6.17. The Kier molecular flexibility index (Phi) is 7.84. The fourth-order valence-corrected chi connectivity index (χ4v) is 4.88. The predicted molar refractivity (Wildman–Crippen MR) is 157 cm³/mol. The van der Waals surface area contributed by atoms with Gasteiger partial charge in [0.05, 0.1) is 35.2 Å². The number of fused-ring (bicyclic) bond motifs is 1. The average Bonchev–Trinajstić information content (AvgIpc) is 2.99. The fraction of sp³-hybridized carbons (Fsp3) is 0.0968. The number of thioether (sulfide) groups is 1. The Morgan fingerprint density at radius 3 is 2.28 bits per heavy atom. The molecule has 7 nitrogen and oxygen atoms in total. The van der Waals surface area contributed by atoms with Crippen LogP contribution in [-0.2, 0) is 4.79 Å². The number of hydrogen-bond acceptors (Lipinski definition) is 6. The van der Waals surface area contributed by atoms with Crippen molar-refractivity contribution in [3.63, 3.8) is 0 Å². The Hall–Kier alpha value is -4.69. The van der Waals surface area contributed by atoms with Gasteiger partial charge in [-0.25, -0.2) is 10.4 Å². The van der Waals surface area contributed by atoms with Gasteiger partial charge in [-0.2, -0.15) is 5.10 Å². The van der Waals surface area contributed by atoms with Crippen molar-refractivity contribution in [3.8, 4) is 22.6 Å². The molecule has 0 unspecified atom stereocenters. The first-order valence-corrected chi connectivity index (χ1v) is 13.3. The predicted octanol–water partition coefficient (Wildman–Crippen LogP) is 5.69. The second-order valence-electron chi connectivity index (χ2n) is 8.71. The molecule has 0 bridgehead atoms. The van der Waals surface area contributed by atoms with Crippen LogP contribution in [0.25, 0.3) is 27.7 Å². The van der Waals surface area contributed by atoms with E-state index in [0.29, 0.717) is 33.2 Å². The molecule has 0 saturated carbocycles. The summed E-state index contributed by atoms with van der Waals surface area (Å²) in [7, 11) is 1.59. The first-order chi connectivity index (χ1) is 19.0. The number of carbonyl (C=O) groups excluding carboxylic acids is 1. The van der Waals surface area contributed by atoms with Crippen LogP contribution >= 0.6 is 11.8 Å². The topological polar surface area (TPSA) is 85.6 Å². The minimum absolute atomic E-state index is 0.0324. The molecule has 1 aromatic heterocycles. The maximum Gasteiger partial charge on any atom is 0.266 e. The van der Waals surface area contributed by atoms with Gasteiger partial charge in [0.2, 0.25) is 0 Å². The fourth-order valence-electron chi connectivity index (χ4n) is 4.08. The maximum atomic E-state index is 13.4. The third kappa shape index (κ3) is 5.91. The zero-order valence-corrected chi connectivity index (χ0v) is 22.3. The molecule has 0 saturated heterocycles. The molecule has 0 atom stereocenters. The summed E-state index contributed by atoms with van der Waals surface area (Å²) < 4.78 is 6.76. The SMILES string of the molecule is COc1ccc(-n2c(SCC(=O)N/N=C(\C)c3ccc(-c4ccccc4)cc3)nc3ccccc3c2=O)cc1. The summed E-state index contributed by atoms with van der Waals surface area (Å²) in [4.78, 5) is 30.8. The summed E-state index contributed by atoms with van der Waals surface area (Å²) >= 11 is 1.18. The van der Waals surface area contributed by atoms with Crippen molar-refractivity contribution in [2.45, 2.75) is 12.1 Å². The summed E-state index contributed by atoms with van der Waals surface area (Å²) in [6.45, 7) is 1.84. The van der Waals surface area contributed by atoms with Crippen LogP contribution in [0.15, 0.2) is 118 Å². The highest BCUT2D eigenvalue weighted by Crippen LogP contribution is 2.23. The van der Waals surface area contributed by atoms with E-state index >= 15 is 0 Å². The quantitative estimate of drug-likeness (QED) is 0.120. The lowest BCUT2D eigenvalue weighted by Crippen LogP contribution is -2.24. The number of nitrogens with zero attached hydrogens (tertiary/aromatic N) is 3. The molecule has 0 radical (unpaired) electrons. The van der Waals surface area contributed by atoms with E-state index in [-0.39, 0.29) is 17.2 Å². The number of carbonyl (C=O) groups is 1. The number of rotatable bonds is 8. The van der Waals surface area contributed by atoms with Crippen LogP contribution in [0.4, 0.5) is 0 Å². The molecule has 0 aliphatic heterocycles. The molecule has 5 aromatic rings. The van der Waals surface area contributed by atoms with Crippen molar-refractivity contribution < 1.29 is 9.53 Å². The lowest BCUT2D eigenvalue weighted by Gasteiger charge is -2.13. The van der Waals surface area contributed by atoms with E-state index in [0.717, 1.165) is 16.7 Å². The highest BCUT2D eigenvalue weighted by Gasteiger charge is 2.15. The molecular formula is C31H26N4O3S. The van der Waals surface area contributed by atoms with Crippen LogP contribution in [0.5, 0.6) is 5.75 Å². The van der Waals surface area contributed by atoms with Gasteiger partial charge in [0.15, 0.2) is 5.16 Å². The molecule has 39 heavy (non-hydrogen) atoms. The molecule has 1 heterocycles. The summed E-state index contributed by atoms with van der Waals surface area (Å²) in [5.41, 5.74) is 7.46. The lowest BCUT2D eigenvalue weighted by atomic mass is 10.0. The summed E-state index contributed by atoms with van der Waals surface area (Å²) in [6.07, 6.45) is 0. The molecule has 0 aliphatic rings. The highest BCUT2D eigenvalue weighted by atomic mass is 32.2. The van der Waals surface area contributed by atoms with E-state index in [1.54, 1.807) is 49.6 Å². The minimum atomic E-state index is -0.302. The van der Waals surface area contributed by atoms with Crippen LogP contribution in [0.2, 0.25) is 0 Å². The normalized spacial score (nSPS) is 11.4. The summed E-state index contributed by atoms with van der Waals surface area (Å²) in [5, 5.41) is 5.19. The molecular weight excluding hydrogens is 508 g/mol. The van der Waals surface area contributed by atoms with Gasteiger partial charge < -0.3 is 4.74 Å². The Morgan fingerprint density at radius 2 is 1.56 bits per heavy atom. The maximum absolute atomic E-state index is 13.4. The van der Waals surface area contributed by atoms with Crippen LogP contribution in [-0.4, -0.2) is 34.0 Å². The Balaban J connectivity index is 1.32. The number of methoxy groups -OCH3 is 1. The van der Waals surface area contributed by atoms with Gasteiger partial charge in [-0.3, -0.25) is 14.2 Å². The van der Waals surface area contributed by atoms with E-state index in [9.17, 15) is 9.59 Å². The van der Waals surface area contributed by atoms with Gasteiger partial charge in [0.25, 0.3) is 11.5 Å². The molecule has 5 rings (SSSR count). The molecule has 0 spiro atoms. The highest BCUT2D eigenvalue weighted by molar-refractivity contribution is 7.99. The van der Waals surface area contributed by atoms with Crippen LogP contribution in [0, 0.1) is 0 Å². The van der Waals surface area contributed by atoms with Crippen molar-refractivity contribution in [3.05, 3.63) is 119 Å². The molecule has 1 N–H and O–H groups in total. The zero-order chi connectivity index (χ0) is 27.2. The lowest BCUT2D eigenvalue weighted by molar-refractivity contribution is -0.118. The van der Waals surface area contributed by atoms with Crippen molar-refractivity contribution in [1.29, 1.82) is 0 Å². The van der Waals surface area contributed by atoms with Gasteiger partial charge in [0.1, 0.15) is 5.75 Å². The van der Waals surface area contributed by atoms with E-state index in [1.165, 1.54) is 16.3 Å². The molecule has 1 amide bonds. The third-order valence-corrected chi connectivity index (χ3v) is 7.10. The zero-order valence-electron chi connectivity index (χ0n) is 21.5. The number of benzene rings is 4. The summed E-state index contributed by atoms with van der Waals surface area (Å²) in [5.74, 6) is 0.408. The first-order valence-electron chi connectivity index (χ1n) is 12.3. The molecule has 8 heteroatoms. The van der Waals surface area contributed by atoms with E-state index < -0.39 is 0 Å². The van der Waals surface area contributed by atoms with Gasteiger partial charge in [0, 0.05) is 0 Å². The minimum Gasteiger partial charge on any atom is -0.497 e. The number of ether oxygens (including phenoxy) is 1. The van der Waals surface area contributed by atoms with E-state index in [1.807, 2.05) is 55.5 Å². The van der Waals surface area contributed by atoms with Crippen LogP contribution < -0.4 is 15.7 Å². The number of amides is 1. The number of para-hydroxylation sites is 1. The van der Waals surface area contributed by atoms with Gasteiger partial charge in [-0.15, -0.1) is 0 Å². The van der Waals surface area contributed by atoms with Crippen LogP contribution in [0.1, 0.15) is 12.5 Å². The molecule has 0 aliphatic carbocycles. The Bertz CT molecular complexity index is 1700. The van der Waals surface area contributed by atoms with E-state index in [2.05, 4.69) is 27.6 Å².